The molecule has 0 unspecified atom stereocenters. The normalized spacial score (nSPS) is 12.0. The summed E-state index contributed by atoms with van der Waals surface area (Å²) in [5.74, 6) is 0.977. The highest BCUT2D eigenvalue weighted by atomic mass is 32.2. The van der Waals surface area contributed by atoms with Crippen molar-refractivity contribution in [2.45, 2.75) is 25.0 Å². The first-order valence-electron chi connectivity index (χ1n) is 7.76. The number of nitrogens with zero attached hydrogens (tertiary/aromatic N) is 5. The maximum absolute atomic E-state index is 12.2. The van der Waals surface area contributed by atoms with E-state index in [2.05, 4.69) is 22.0 Å². The maximum atomic E-state index is 12.2. The molecule has 0 aliphatic carbocycles. The Morgan fingerprint density at radius 3 is 2.52 bits per heavy atom. The van der Waals surface area contributed by atoms with Crippen LogP contribution in [0, 0.1) is 0 Å². The number of sulfonamides is 1. The third kappa shape index (κ3) is 3.47. The first kappa shape index (κ1) is 17.3. The van der Waals surface area contributed by atoms with Gasteiger partial charge in [-0.05, 0) is 12.0 Å². The molecule has 0 aliphatic heterocycles. The molecule has 9 heteroatoms. The molecule has 2 aromatic heterocycles. The molecule has 8 nitrogen and oxygen atoms in total. The van der Waals surface area contributed by atoms with Crippen LogP contribution in [0.2, 0.25) is 0 Å². The summed E-state index contributed by atoms with van der Waals surface area (Å²) in [4.78, 5) is 8.06. The van der Waals surface area contributed by atoms with Crippen molar-refractivity contribution in [1.29, 1.82) is 0 Å². The minimum Gasteiger partial charge on any atom is -0.439 e. The third-order valence-electron chi connectivity index (χ3n) is 3.78. The van der Waals surface area contributed by atoms with Gasteiger partial charge in [0.2, 0.25) is 5.89 Å². The second-order valence-electron chi connectivity index (χ2n) is 5.66. The summed E-state index contributed by atoms with van der Waals surface area (Å²) in [6.07, 6.45) is 3.79. The fourth-order valence-electron chi connectivity index (χ4n) is 2.27. The third-order valence-corrected chi connectivity index (χ3v) is 5.52. The number of hydrogen-bond acceptors (Lipinski definition) is 6. The molecule has 0 N–H and O–H groups in total. The van der Waals surface area contributed by atoms with Gasteiger partial charge in [-0.2, -0.15) is 5.10 Å². The second-order valence-corrected chi connectivity index (χ2v) is 7.70. The molecule has 0 saturated heterocycles. The Hall–Kier alpha value is -2.52. The van der Waals surface area contributed by atoms with E-state index in [1.807, 2.05) is 24.3 Å². The molecule has 0 amide bonds. The van der Waals surface area contributed by atoms with Gasteiger partial charge in [0.1, 0.15) is 12.9 Å². The Bertz CT molecular complexity index is 958. The van der Waals surface area contributed by atoms with E-state index in [1.165, 1.54) is 30.7 Å². The number of hydrogen-bond donors (Lipinski definition) is 0. The average Bonchev–Trinajstić information content (AvgIpc) is 3.25. The maximum Gasteiger partial charge on any atom is 0.278 e. The van der Waals surface area contributed by atoms with Crippen molar-refractivity contribution >= 4 is 10.0 Å². The molecule has 25 heavy (non-hydrogen) atoms. The lowest BCUT2D eigenvalue weighted by Gasteiger charge is -2.10. The van der Waals surface area contributed by atoms with Gasteiger partial charge in [0.15, 0.2) is 5.76 Å². The van der Waals surface area contributed by atoms with Crippen LogP contribution >= 0.6 is 0 Å². The Kier molecular flexibility index (Phi) is 4.69. The highest BCUT2D eigenvalue weighted by Crippen LogP contribution is 2.22. The molecule has 132 valence electrons. The predicted octanol–water partition coefficient (Wildman–Crippen LogP) is 1.79. The summed E-state index contributed by atoms with van der Waals surface area (Å²) in [5, 5.41) is 3.82. The molecule has 0 spiro atoms. The van der Waals surface area contributed by atoms with Crippen molar-refractivity contribution in [3.05, 3.63) is 48.2 Å². The molecule has 3 aromatic rings. The van der Waals surface area contributed by atoms with Crippen LogP contribution < -0.4 is 0 Å². The molecule has 0 radical (unpaired) electrons. The quantitative estimate of drug-likeness (QED) is 0.664. The van der Waals surface area contributed by atoms with Crippen LogP contribution in [0.5, 0.6) is 0 Å². The van der Waals surface area contributed by atoms with Crippen LogP contribution in [-0.2, 0) is 23.0 Å². The number of benzene rings is 1. The monoisotopic (exact) mass is 361 g/mol. The fraction of sp³-hybridized carbons (Fsp3) is 0.312. The highest BCUT2D eigenvalue weighted by Gasteiger charge is 2.25. The van der Waals surface area contributed by atoms with E-state index in [4.69, 9.17) is 4.42 Å². The topological polar surface area (TPSA) is 94.1 Å². The first-order valence-corrected chi connectivity index (χ1v) is 9.20. The first-order chi connectivity index (χ1) is 11.9. The number of aromatic nitrogens is 4. The van der Waals surface area contributed by atoms with Gasteiger partial charge in [-0.25, -0.2) is 27.4 Å². The molecular weight excluding hydrogens is 342 g/mol. The number of oxazole rings is 1. The Morgan fingerprint density at radius 2 is 1.88 bits per heavy atom. The molecule has 0 aliphatic rings. The lowest BCUT2D eigenvalue weighted by Crippen LogP contribution is -2.26. The molecule has 0 saturated carbocycles. The lowest BCUT2D eigenvalue weighted by molar-refractivity contribution is 0.446. The minimum atomic E-state index is -3.68. The van der Waals surface area contributed by atoms with E-state index < -0.39 is 10.0 Å². The van der Waals surface area contributed by atoms with Crippen LogP contribution in [-0.4, -0.2) is 46.6 Å². The van der Waals surface area contributed by atoms with E-state index in [0.29, 0.717) is 11.7 Å². The van der Waals surface area contributed by atoms with Gasteiger partial charge in [0.05, 0.1) is 6.20 Å². The molecule has 0 atom stereocenters. The van der Waals surface area contributed by atoms with Gasteiger partial charge in [-0.1, -0.05) is 31.2 Å². The van der Waals surface area contributed by atoms with Crippen LogP contribution in [0.25, 0.3) is 11.3 Å². The van der Waals surface area contributed by atoms with Gasteiger partial charge in [-0.15, -0.1) is 0 Å². The van der Waals surface area contributed by atoms with E-state index in [9.17, 15) is 8.42 Å². The minimum absolute atomic E-state index is 0.0788. The van der Waals surface area contributed by atoms with Gasteiger partial charge < -0.3 is 4.42 Å². The average molecular weight is 361 g/mol. The summed E-state index contributed by atoms with van der Waals surface area (Å²) in [6, 6.07) is 8.02. The van der Waals surface area contributed by atoms with Crippen molar-refractivity contribution in [3.63, 3.8) is 0 Å². The summed E-state index contributed by atoms with van der Waals surface area (Å²) in [5.41, 5.74) is 2.15. The van der Waals surface area contributed by atoms with E-state index in [1.54, 1.807) is 6.20 Å². The zero-order valence-electron chi connectivity index (χ0n) is 14.2. The van der Waals surface area contributed by atoms with Gasteiger partial charge in [0.25, 0.3) is 15.2 Å². The largest absolute Gasteiger partial charge is 0.439 e. The fourth-order valence-corrected chi connectivity index (χ4v) is 3.16. The molecule has 1 aromatic carbocycles. The smallest absolute Gasteiger partial charge is 0.278 e. The van der Waals surface area contributed by atoms with E-state index >= 15 is 0 Å². The summed E-state index contributed by atoms with van der Waals surface area (Å²) in [6.45, 7) is 2.18. The second kappa shape index (κ2) is 6.77. The number of aryl methyl sites for hydroxylation is 1. The Labute approximate surface area is 146 Å². The molecule has 0 fully saturated rings. The number of rotatable bonds is 6. The Morgan fingerprint density at radius 1 is 1.16 bits per heavy atom. The van der Waals surface area contributed by atoms with Crippen molar-refractivity contribution in [1.82, 2.24) is 24.1 Å². The van der Waals surface area contributed by atoms with Gasteiger partial charge in [-0.3, -0.25) is 0 Å². The highest BCUT2D eigenvalue weighted by molar-refractivity contribution is 7.88. The molecule has 0 bridgehead atoms. The van der Waals surface area contributed by atoms with Crippen LogP contribution in [0.1, 0.15) is 18.4 Å². The summed E-state index contributed by atoms with van der Waals surface area (Å²) < 4.78 is 32.6. The lowest BCUT2D eigenvalue weighted by atomic mass is 10.1. The van der Waals surface area contributed by atoms with Crippen molar-refractivity contribution in [2.24, 2.45) is 0 Å². The van der Waals surface area contributed by atoms with Crippen molar-refractivity contribution in [2.75, 3.05) is 14.1 Å². The summed E-state index contributed by atoms with van der Waals surface area (Å²) >= 11 is 0. The van der Waals surface area contributed by atoms with Crippen LogP contribution in [0.4, 0.5) is 0 Å². The van der Waals surface area contributed by atoms with Crippen LogP contribution in [0.3, 0.4) is 0 Å². The van der Waals surface area contributed by atoms with Crippen LogP contribution in [0.15, 0.2) is 46.4 Å². The van der Waals surface area contributed by atoms with Crippen molar-refractivity contribution in [3.8, 4) is 11.3 Å². The molecule has 3 rings (SSSR count). The van der Waals surface area contributed by atoms with E-state index in [-0.39, 0.29) is 11.7 Å². The van der Waals surface area contributed by atoms with Crippen molar-refractivity contribution < 1.29 is 12.8 Å². The molecular formula is C16H19N5O3S. The predicted molar refractivity (Wildman–Crippen MR) is 91.3 cm³/mol. The summed E-state index contributed by atoms with van der Waals surface area (Å²) in [7, 11) is -0.800. The SMILES string of the molecule is CCc1ccc(-c2cnc(Cn3ncnc3S(=O)(=O)N(C)C)o2)cc1. The Balaban J connectivity index is 1.84. The van der Waals surface area contributed by atoms with E-state index in [0.717, 1.165) is 16.3 Å². The van der Waals surface area contributed by atoms with Gasteiger partial charge in [0, 0.05) is 19.7 Å². The van der Waals surface area contributed by atoms with Gasteiger partial charge >= 0.3 is 0 Å². The molecule has 2 heterocycles. The zero-order valence-corrected chi connectivity index (χ0v) is 15.1. The zero-order chi connectivity index (χ0) is 18.0. The standard InChI is InChI=1S/C16H19N5O3S/c1-4-12-5-7-13(8-6-12)14-9-17-15(24-14)10-21-16(18-11-19-21)25(22,23)20(2)3/h5-9,11H,4,10H2,1-3H3.